The van der Waals surface area contributed by atoms with E-state index in [1.165, 1.54) is 0 Å². The molecule has 144 valence electrons. The van der Waals surface area contributed by atoms with Gasteiger partial charge in [0.25, 0.3) is 5.91 Å². The molecule has 2 aromatic carbocycles. The number of ether oxygens (including phenoxy) is 1. The molecule has 0 atom stereocenters. The van der Waals surface area contributed by atoms with Crippen LogP contribution in [0.15, 0.2) is 54.6 Å². The highest BCUT2D eigenvalue weighted by Gasteiger charge is 2.12. The van der Waals surface area contributed by atoms with Crippen molar-refractivity contribution in [3.63, 3.8) is 0 Å². The summed E-state index contributed by atoms with van der Waals surface area (Å²) in [5, 5.41) is 14.5. The Kier molecular flexibility index (Phi) is 5.95. The molecular formula is C19H20N6O3. The van der Waals surface area contributed by atoms with Crippen LogP contribution in [0, 0.1) is 0 Å². The van der Waals surface area contributed by atoms with Crippen molar-refractivity contribution in [2.75, 3.05) is 30.9 Å². The van der Waals surface area contributed by atoms with Gasteiger partial charge in [-0.25, -0.2) is 4.79 Å². The lowest BCUT2D eigenvalue weighted by atomic mass is 10.2. The van der Waals surface area contributed by atoms with Crippen LogP contribution < -0.4 is 10.2 Å². The molecule has 0 bridgehead atoms. The maximum atomic E-state index is 11.9. The van der Waals surface area contributed by atoms with Crippen molar-refractivity contribution in [2.24, 2.45) is 0 Å². The van der Waals surface area contributed by atoms with Crippen molar-refractivity contribution < 1.29 is 14.3 Å². The van der Waals surface area contributed by atoms with E-state index in [1.807, 2.05) is 61.5 Å². The van der Waals surface area contributed by atoms with Crippen LogP contribution in [0.1, 0.15) is 0 Å². The third-order valence-electron chi connectivity index (χ3n) is 3.79. The number of rotatable bonds is 7. The predicted octanol–water partition coefficient (Wildman–Crippen LogP) is 1.59. The minimum atomic E-state index is -0.630. The van der Waals surface area contributed by atoms with Crippen LogP contribution in [0.25, 0.3) is 11.4 Å². The first-order valence-corrected chi connectivity index (χ1v) is 8.57. The van der Waals surface area contributed by atoms with Crippen LogP contribution in [0.2, 0.25) is 0 Å². The monoisotopic (exact) mass is 380 g/mol. The van der Waals surface area contributed by atoms with Crippen molar-refractivity contribution in [1.29, 1.82) is 0 Å². The molecule has 0 radical (unpaired) electrons. The second-order valence-electron chi connectivity index (χ2n) is 6.16. The number of benzene rings is 2. The first-order valence-electron chi connectivity index (χ1n) is 8.57. The molecule has 1 aromatic heterocycles. The Morgan fingerprint density at radius 1 is 1.07 bits per heavy atom. The second-order valence-corrected chi connectivity index (χ2v) is 6.16. The Labute approximate surface area is 161 Å². The average molecular weight is 380 g/mol. The highest BCUT2D eigenvalue weighted by Crippen LogP contribution is 2.15. The predicted molar refractivity (Wildman–Crippen MR) is 104 cm³/mol. The van der Waals surface area contributed by atoms with Gasteiger partial charge >= 0.3 is 5.97 Å². The zero-order chi connectivity index (χ0) is 19.9. The Bertz CT molecular complexity index is 938. The van der Waals surface area contributed by atoms with Gasteiger partial charge in [-0.05, 0) is 29.5 Å². The summed E-state index contributed by atoms with van der Waals surface area (Å²) in [5.74, 6) is -0.648. The molecule has 0 unspecified atom stereocenters. The minimum Gasteiger partial charge on any atom is -0.454 e. The van der Waals surface area contributed by atoms with E-state index in [1.54, 1.807) is 12.1 Å². The SMILES string of the molecule is CN(C)c1ccc(NC(=O)COC(=O)Cn2nnc(-c3ccccc3)n2)cc1. The number of carbonyl (C=O) groups excluding carboxylic acids is 2. The average Bonchev–Trinajstić information content (AvgIpc) is 3.16. The zero-order valence-corrected chi connectivity index (χ0v) is 15.6. The summed E-state index contributed by atoms with van der Waals surface area (Å²) < 4.78 is 4.97. The van der Waals surface area contributed by atoms with Gasteiger partial charge in [0.05, 0.1) is 0 Å². The highest BCUT2D eigenvalue weighted by molar-refractivity contribution is 5.92. The third kappa shape index (κ3) is 5.13. The van der Waals surface area contributed by atoms with E-state index in [-0.39, 0.29) is 6.54 Å². The van der Waals surface area contributed by atoms with Gasteiger partial charge in [-0.15, -0.1) is 10.2 Å². The Morgan fingerprint density at radius 2 is 1.79 bits per heavy atom. The largest absolute Gasteiger partial charge is 0.454 e. The van der Waals surface area contributed by atoms with Crippen LogP contribution in [0.3, 0.4) is 0 Å². The molecule has 3 aromatic rings. The molecule has 0 saturated heterocycles. The van der Waals surface area contributed by atoms with Crippen molar-refractivity contribution in [3.05, 3.63) is 54.6 Å². The molecule has 0 saturated carbocycles. The number of carbonyl (C=O) groups is 2. The standard InChI is InChI=1S/C19H20N6O3/c1-24(2)16-10-8-15(9-11-16)20-17(26)13-28-18(27)12-25-22-19(21-23-25)14-6-4-3-5-7-14/h3-11H,12-13H2,1-2H3,(H,20,26). The number of anilines is 2. The van der Waals surface area contributed by atoms with Crippen LogP contribution in [0.4, 0.5) is 11.4 Å². The maximum absolute atomic E-state index is 11.9. The van der Waals surface area contributed by atoms with E-state index >= 15 is 0 Å². The van der Waals surface area contributed by atoms with Crippen molar-refractivity contribution in [2.45, 2.75) is 6.54 Å². The summed E-state index contributed by atoms with van der Waals surface area (Å²) in [6.45, 7) is -0.626. The first kappa shape index (κ1) is 19.0. The van der Waals surface area contributed by atoms with E-state index in [9.17, 15) is 9.59 Å². The fraction of sp³-hybridized carbons (Fsp3) is 0.211. The molecule has 9 heteroatoms. The van der Waals surface area contributed by atoms with Crippen LogP contribution in [-0.2, 0) is 20.9 Å². The van der Waals surface area contributed by atoms with Gasteiger partial charge in [0.2, 0.25) is 5.82 Å². The quantitative estimate of drug-likeness (QED) is 0.621. The van der Waals surface area contributed by atoms with Gasteiger partial charge < -0.3 is 15.0 Å². The molecule has 0 aliphatic carbocycles. The summed E-state index contributed by atoms with van der Waals surface area (Å²) in [4.78, 5) is 26.9. The summed E-state index contributed by atoms with van der Waals surface area (Å²) in [6, 6.07) is 16.6. The molecule has 9 nitrogen and oxygen atoms in total. The molecule has 1 heterocycles. The molecule has 0 aliphatic rings. The Hall–Kier alpha value is -3.75. The molecular weight excluding hydrogens is 360 g/mol. The normalized spacial score (nSPS) is 10.4. The lowest BCUT2D eigenvalue weighted by Crippen LogP contribution is -2.23. The molecule has 0 aliphatic heterocycles. The lowest BCUT2D eigenvalue weighted by molar-refractivity contribution is -0.148. The van der Waals surface area contributed by atoms with Gasteiger partial charge in [0.1, 0.15) is 0 Å². The molecule has 0 fully saturated rings. The number of amides is 1. The zero-order valence-electron chi connectivity index (χ0n) is 15.6. The Morgan fingerprint density at radius 3 is 2.46 bits per heavy atom. The van der Waals surface area contributed by atoms with Gasteiger partial charge in [0, 0.05) is 31.0 Å². The summed E-state index contributed by atoms with van der Waals surface area (Å²) in [6.07, 6.45) is 0. The fourth-order valence-electron chi connectivity index (χ4n) is 2.36. The highest BCUT2D eigenvalue weighted by atomic mass is 16.5. The number of hydrogen-bond acceptors (Lipinski definition) is 7. The van der Waals surface area contributed by atoms with Crippen LogP contribution >= 0.6 is 0 Å². The summed E-state index contributed by atoms with van der Waals surface area (Å²) >= 11 is 0. The van der Waals surface area contributed by atoms with E-state index in [4.69, 9.17) is 4.74 Å². The molecule has 0 spiro atoms. The number of hydrogen-bond donors (Lipinski definition) is 1. The van der Waals surface area contributed by atoms with Crippen molar-refractivity contribution in [1.82, 2.24) is 20.2 Å². The number of nitrogens with one attached hydrogen (secondary N) is 1. The van der Waals surface area contributed by atoms with E-state index in [0.717, 1.165) is 16.0 Å². The fourth-order valence-corrected chi connectivity index (χ4v) is 2.36. The topological polar surface area (TPSA) is 102 Å². The number of esters is 1. The van der Waals surface area contributed by atoms with Crippen molar-refractivity contribution in [3.8, 4) is 11.4 Å². The van der Waals surface area contributed by atoms with Gasteiger partial charge in [0.15, 0.2) is 13.2 Å². The van der Waals surface area contributed by atoms with Gasteiger partial charge in [-0.1, -0.05) is 30.3 Å². The molecule has 1 amide bonds. The van der Waals surface area contributed by atoms with Crippen LogP contribution in [-0.4, -0.2) is 52.8 Å². The van der Waals surface area contributed by atoms with Crippen LogP contribution in [0.5, 0.6) is 0 Å². The van der Waals surface area contributed by atoms with Crippen molar-refractivity contribution >= 4 is 23.3 Å². The minimum absolute atomic E-state index is 0.232. The summed E-state index contributed by atoms with van der Waals surface area (Å²) in [7, 11) is 3.86. The van der Waals surface area contributed by atoms with Gasteiger partial charge in [-0.2, -0.15) is 4.80 Å². The lowest BCUT2D eigenvalue weighted by Gasteiger charge is -2.13. The molecule has 1 N–H and O–H groups in total. The van der Waals surface area contributed by atoms with E-state index in [2.05, 4.69) is 20.7 Å². The first-order chi connectivity index (χ1) is 13.5. The molecule has 28 heavy (non-hydrogen) atoms. The van der Waals surface area contributed by atoms with Gasteiger partial charge in [-0.3, -0.25) is 4.79 Å². The second kappa shape index (κ2) is 8.76. The van der Waals surface area contributed by atoms with E-state index < -0.39 is 18.5 Å². The molecule has 3 rings (SSSR count). The third-order valence-corrected chi connectivity index (χ3v) is 3.79. The maximum Gasteiger partial charge on any atom is 0.330 e. The Balaban J connectivity index is 1.46. The summed E-state index contributed by atoms with van der Waals surface area (Å²) in [5.41, 5.74) is 2.43. The number of nitrogens with zero attached hydrogens (tertiary/aromatic N) is 5. The number of tetrazole rings is 1. The number of aromatic nitrogens is 4. The van der Waals surface area contributed by atoms with E-state index in [0.29, 0.717) is 11.5 Å². The smallest absolute Gasteiger partial charge is 0.330 e.